The lowest BCUT2D eigenvalue weighted by atomic mass is 10.2. The van der Waals surface area contributed by atoms with Crippen LogP contribution >= 0.6 is 0 Å². The van der Waals surface area contributed by atoms with Gasteiger partial charge in [0.2, 0.25) is 0 Å². The van der Waals surface area contributed by atoms with Crippen molar-refractivity contribution in [3.05, 3.63) is 29.8 Å². The largest absolute Gasteiger partial charge is 0.504 e. The zero-order chi connectivity index (χ0) is 15.1. The van der Waals surface area contributed by atoms with Gasteiger partial charge in [-0.1, -0.05) is 18.2 Å². The average Bonchev–Trinajstić information content (AvgIpc) is 3.36. The smallest absolute Gasteiger partial charge is 0.161 e. The van der Waals surface area contributed by atoms with E-state index in [1.54, 1.807) is 12.1 Å². The zero-order valence-corrected chi connectivity index (χ0v) is 12.5. The normalized spacial score (nSPS) is 22.6. The van der Waals surface area contributed by atoms with E-state index in [4.69, 9.17) is 18.9 Å². The number of ether oxygens (including phenoxy) is 4. The predicted molar refractivity (Wildman–Crippen MR) is 79.7 cm³/mol. The number of hydrogen-bond donors (Lipinski definition) is 1. The van der Waals surface area contributed by atoms with Crippen molar-refractivity contribution in [1.82, 2.24) is 0 Å². The van der Waals surface area contributed by atoms with Crippen LogP contribution in [0.1, 0.15) is 12.5 Å². The molecule has 3 rings (SSSR count). The van der Waals surface area contributed by atoms with Gasteiger partial charge in [-0.05, 0) is 24.6 Å². The summed E-state index contributed by atoms with van der Waals surface area (Å²) in [5, 5.41) is 9.25. The number of epoxide rings is 2. The maximum absolute atomic E-state index is 9.25. The van der Waals surface area contributed by atoms with E-state index in [2.05, 4.69) is 0 Å². The Morgan fingerprint density at radius 1 is 1.24 bits per heavy atom. The Kier molecular flexibility index (Phi) is 6.04. The zero-order valence-electron chi connectivity index (χ0n) is 12.5. The molecule has 2 atom stereocenters. The van der Waals surface area contributed by atoms with Crippen molar-refractivity contribution in [3.8, 4) is 11.5 Å². The van der Waals surface area contributed by atoms with Gasteiger partial charge < -0.3 is 24.1 Å². The van der Waals surface area contributed by atoms with E-state index in [0.717, 1.165) is 32.0 Å². The summed E-state index contributed by atoms with van der Waals surface area (Å²) in [5.74, 6) is 0.677. The fourth-order valence-corrected chi connectivity index (χ4v) is 1.65. The highest BCUT2D eigenvalue weighted by atomic mass is 16.6. The maximum atomic E-state index is 9.25. The molecule has 2 saturated heterocycles. The molecule has 0 spiro atoms. The highest BCUT2D eigenvalue weighted by Gasteiger charge is 2.26. The van der Waals surface area contributed by atoms with E-state index in [9.17, 15) is 5.11 Å². The molecule has 2 fully saturated rings. The minimum Gasteiger partial charge on any atom is -0.504 e. The van der Waals surface area contributed by atoms with Crippen molar-refractivity contribution in [2.75, 3.05) is 33.5 Å². The van der Waals surface area contributed by atoms with Crippen LogP contribution in [0.5, 0.6) is 11.5 Å². The van der Waals surface area contributed by atoms with Gasteiger partial charge in [-0.3, -0.25) is 0 Å². The number of phenols is 1. The van der Waals surface area contributed by atoms with E-state index in [1.807, 2.05) is 25.1 Å². The van der Waals surface area contributed by atoms with E-state index in [1.165, 1.54) is 7.11 Å². The molecule has 0 saturated carbocycles. The molecular weight excluding hydrogens is 272 g/mol. The fourth-order valence-electron chi connectivity index (χ4n) is 1.65. The lowest BCUT2D eigenvalue weighted by Crippen LogP contribution is -2.06. The van der Waals surface area contributed by atoms with Crippen LogP contribution in [0.15, 0.2) is 24.3 Å². The number of aromatic hydroxyl groups is 1. The molecule has 1 aromatic carbocycles. The lowest BCUT2D eigenvalue weighted by molar-refractivity contribution is 0.102. The van der Waals surface area contributed by atoms with Gasteiger partial charge in [0.1, 0.15) is 12.2 Å². The van der Waals surface area contributed by atoms with Crippen LogP contribution in [0, 0.1) is 0 Å². The molecule has 2 unspecified atom stereocenters. The van der Waals surface area contributed by atoms with E-state index < -0.39 is 0 Å². The van der Waals surface area contributed by atoms with Crippen LogP contribution in [0.4, 0.5) is 0 Å². The third-order valence-corrected chi connectivity index (χ3v) is 2.98. The average molecular weight is 294 g/mol. The van der Waals surface area contributed by atoms with Crippen molar-refractivity contribution in [2.24, 2.45) is 0 Å². The second-order valence-electron chi connectivity index (χ2n) is 4.88. The van der Waals surface area contributed by atoms with Crippen LogP contribution in [-0.2, 0) is 14.2 Å². The van der Waals surface area contributed by atoms with Gasteiger partial charge in [-0.25, -0.2) is 0 Å². The Bertz CT molecular complexity index is 452. The van der Waals surface area contributed by atoms with E-state index in [-0.39, 0.29) is 5.75 Å². The van der Waals surface area contributed by atoms with Crippen LogP contribution < -0.4 is 4.74 Å². The minimum atomic E-state index is 0.172. The summed E-state index contributed by atoms with van der Waals surface area (Å²) in [4.78, 5) is 0. The number of phenolic OH excluding ortho intramolecular Hbond substituents is 1. The monoisotopic (exact) mass is 294 g/mol. The van der Waals surface area contributed by atoms with Gasteiger partial charge in [-0.2, -0.15) is 0 Å². The molecule has 1 aromatic rings. The first kappa shape index (κ1) is 15.8. The van der Waals surface area contributed by atoms with Crippen LogP contribution in [0.2, 0.25) is 0 Å². The number of allylic oxidation sites excluding steroid dienone is 1. The molecule has 116 valence electrons. The molecule has 5 heteroatoms. The molecule has 2 aliphatic rings. The van der Waals surface area contributed by atoms with Gasteiger partial charge in [-0.15, -0.1) is 0 Å². The van der Waals surface area contributed by atoms with Gasteiger partial charge in [0, 0.05) is 0 Å². The van der Waals surface area contributed by atoms with Crippen molar-refractivity contribution in [3.63, 3.8) is 0 Å². The summed E-state index contributed by atoms with van der Waals surface area (Å²) in [6.45, 7) is 5.20. The molecule has 0 aliphatic carbocycles. The summed E-state index contributed by atoms with van der Waals surface area (Å²) < 4.78 is 20.1. The SMILES string of the molecule is C(OCC1CO1)C1CO1.C/C=C/c1ccc(O)c(OC)c1. The van der Waals surface area contributed by atoms with Gasteiger partial charge >= 0.3 is 0 Å². The third-order valence-electron chi connectivity index (χ3n) is 2.98. The van der Waals surface area contributed by atoms with Gasteiger partial charge in [0.05, 0.1) is 33.5 Å². The maximum Gasteiger partial charge on any atom is 0.161 e. The Labute approximate surface area is 125 Å². The summed E-state index contributed by atoms with van der Waals surface area (Å²) >= 11 is 0. The highest BCUT2D eigenvalue weighted by molar-refractivity contribution is 5.55. The second-order valence-corrected chi connectivity index (χ2v) is 4.88. The number of rotatable bonds is 6. The topological polar surface area (TPSA) is 63.8 Å². The molecule has 21 heavy (non-hydrogen) atoms. The molecular formula is C16H22O5. The van der Waals surface area contributed by atoms with Crippen LogP contribution in [0.3, 0.4) is 0 Å². The molecule has 2 heterocycles. The number of benzene rings is 1. The van der Waals surface area contributed by atoms with Crippen LogP contribution in [0.25, 0.3) is 6.08 Å². The number of methoxy groups -OCH3 is 1. The summed E-state index contributed by atoms with van der Waals surface area (Å²) in [6, 6.07) is 5.24. The minimum absolute atomic E-state index is 0.172. The first-order valence-electron chi connectivity index (χ1n) is 7.03. The first-order chi connectivity index (χ1) is 10.2. The van der Waals surface area contributed by atoms with Crippen molar-refractivity contribution in [1.29, 1.82) is 0 Å². The summed E-state index contributed by atoms with van der Waals surface area (Å²) in [6.07, 6.45) is 4.67. The molecule has 1 N–H and O–H groups in total. The quantitative estimate of drug-likeness (QED) is 0.815. The third kappa shape index (κ3) is 6.16. The molecule has 0 amide bonds. The van der Waals surface area contributed by atoms with E-state index in [0.29, 0.717) is 18.0 Å². The highest BCUT2D eigenvalue weighted by Crippen LogP contribution is 2.26. The molecule has 2 aliphatic heterocycles. The van der Waals surface area contributed by atoms with Crippen molar-refractivity contribution >= 4 is 6.08 Å². The summed E-state index contributed by atoms with van der Waals surface area (Å²) in [7, 11) is 1.54. The molecule has 0 aromatic heterocycles. The second kappa shape index (κ2) is 8.02. The van der Waals surface area contributed by atoms with Crippen molar-refractivity contribution in [2.45, 2.75) is 19.1 Å². The first-order valence-corrected chi connectivity index (χ1v) is 7.03. The lowest BCUT2D eigenvalue weighted by Gasteiger charge is -2.03. The molecule has 5 nitrogen and oxygen atoms in total. The Hall–Kier alpha value is -1.56. The summed E-state index contributed by atoms with van der Waals surface area (Å²) in [5.41, 5.74) is 1.02. The van der Waals surface area contributed by atoms with Gasteiger partial charge in [0.25, 0.3) is 0 Å². The Morgan fingerprint density at radius 3 is 2.33 bits per heavy atom. The standard InChI is InChI=1S/C10H12O2.C6H10O3/c1-3-4-8-5-6-9(11)10(7-8)12-2;1(5-3-8-5)7-2-6-4-9-6/h3-7,11H,1-2H3;5-6H,1-4H2/b4-3+;. The van der Waals surface area contributed by atoms with Crippen LogP contribution in [-0.4, -0.2) is 50.9 Å². The van der Waals surface area contributed by atoms with E-state index >= 15 is 0 Å². The van der Waals surface area contributed by atoms with Crippen molar-refractivity contribution < 1.29 is 24.1 Å². The predicted octanol–water partition coefficient (Wildman–Crippen LogP) is 2.23. The van der Waals surface area contributed by atoms with Gasteiger partial charge in [0.15, 0.2) is 11.5 Å². The molecule has 0 radical (unpaired) electrons. The molecule has 0 bridgehead atoms. The Morgan fingerprint density at radius 2 is 1.86 bits per heavy atom. The Balaban J connectivity index is 0.000000159. The number of hydrogen-bond acceptors (Lipinski definition) is 5. The fraction of sp³-hybridized carbons (Fsp3) is 0.500.